The minimum Gasteiger partial charge on any atom is -0.339 e. The molecule has 1 aliphatic carbocycles. The molecule has 4 heterocycles. The number of benzene rings is 1. The van der Waals surface area contributed by atoms with Gasteiger partial charge in [0.1, 0.15) is 0 Å². The van der Waals surface area contributed by atoms with Gasteiger partial charge in [-0.25, -0.2) is 13.4 Å². The van der Waals surface area contributed by atoms with Crippen LogP contribution in [0.5, 0.6) is 0 Å². The Hall–Kier alpha value is -2.32. The number of carbonyl (C=O) groups excluding carboxylic acids is 1. The minimum atomic E-state index is -3.55. The summed E-state index contributed by atoms with van der Waals surface area (Å²) in [6.45, 7) is 2.74. The molecule has 3 atom stereocenters. The molecule has 2 aromatic heterocycles. The maximum Gasteiger partial charge on any atom is 0.223 e. The number of amides is 1. The van der Waals surface area contributed by atoms with Crippen LogP contribution in [0.3, 0.4) is 0 Å². The molecule has 31 heavy (non-hydrogen) atoms. The lowest BCUT2D eigenvalue weighted by Gasteiger charge is -2.49. The number of carbonyl (C=O) groups is 1. The lowest BCUT2D eigenvalue weighted by molar-refractivity contribution is -0.139. The third-order valence-electron chi connectivity index (χ3n) is 6.71. The highest BCUT2D eigenvalue weighted by molar-refractivity contribution is 7.91. The molecule has 2 saturated heterocycles. The molecule has 1 saturated carbocycles. The summed E-state index contributed by atoms with van der Waals surface area (Å²) in [5.74, 6) is 0.562. The van der Waals surface area contributed by atoms with E-state index in [1.165, 1.54) is 11.3 Å². The van der Waals surface area contributed by atoms with Gasteiger partial charge in [-0.05, 0) is 55.9 Å². The monoisotopic (exact) mass is 455 g/mol. The van der Waals surface area contributed by atoms with Crippen LogP contribution < -0.4 is 0 Å². The van der Waals surface area contributed by atoms with Crippen molar-refractivity contribution in [3.63, 3.8) is 0 Å². The minimum absolute atomic E-state index is 0.0220. The van der Waals surface area contributed by atoms with Crippen LogP contribution in [0.15, 0.2) is 46.9 Å². The highest BCUT2D eigenvalue weighted by Crippen LogP contribution is 2.44. The molecule has 2 aliphatic heterocycles. The van der Waals surface area contributed by atoms with E-state index < -0.39 is 9.84 Å². The Balaban J connectivity index is 1.26. The average molecular weight is 456 g/mol. The largest absolute Gasteiger partial charge is 0.339 e. The summed E-state index contributed by atoms with van der Waals surface area (Å²) in [7, 11) is -3.55. The van der Waals surface area contributed by atoms with Crippen LogP contribution in [-0.4, -0.2) is 47.5 Å². The van der Waals surface area contributed by atoms with E-state index in [0.29, 0.717) is 28.6 Å². The molecule has 1 amide bonds. The normalized spacial score (nSPS) is 23.4. The zero-order valence-electron chi connectivity index (χ0n) is 17.4. The lowest BCUT2D eigenvalue weighted by Crippen LogP contribution is -2.53. The van der Waals surface area contributed by atoms with E-state index in [1.54, 1.807) is 23.7 Å². The van der Waals surface area contributed by atoms with Gasteiger partial charge < -0.3 is 4.90 Å². The van der Waals surface area contributed by atoms with E-state index in [-0.39, 0.29) is 29.0 Å². The number of sulfone groups is 1. The Morgan fingerprint density at radius 1 is 1.19 bits per heavy atom. The third-order valence-corrected chi connectivity index (χ3v) is 9.47. The molecule has 6 rings (SSSR count). The number of fused-ring (bicyclic) bond motifs is 4. The fourth-order valence-corrected chi connectivity index (χ4v) is 7.62. The maximum atomic E-state index is 13.0. The van der Waals surface area contributed by atoms with Gasteiger partial charge in [0, 0.05) is 36.8 Å². The highest BCUT2D eigenvalue weighted by Gasteiger charge is 2.43. The van der Waals surface area contributed by atoms with E-state index >= 15 is 0 Å². The Kier molecular flexibility index (Phi) is 5.30. The van der Waals surface area contributed by atoms with Crippen molar-refractivity contribution in [1.82, 2.24) is 14.9 Å². The molecular weight excluding hydrogens is 430 g/mol. The summed E-state index contributed by atoms with van der Waals surface area (Å²) < 4.78 is 26.6. The Morgan fingerprint density at radius 3 is 2.81 bits per heavy atom. The molecular formula is C23H25N3O3S2. The number of nitrogens with zero attached hydrogens (tertiary/aromatic N) is 3. The molecule has 1 aromatic carbocycles. The van der Waals surface area contributed by atoms with Gasteiger partial charge >= 0.3 is 0 Å². The number of pyridine rings is 1. The van der Waals surface area contributed by atoms with Crippen molar-refractivity contribution >= 4 is 37.3 Å². The molecule has 3 fully saturated rings. The van der Waals surface area contributed by atoms with E-state index in [4.69, 9.17) is 0 Å². The van der Waals surface area contributed by atoms with Crippen LogP contribution in [-0.2, 0) is 14.6 Å². The number of aromatic nitrogens is 2. The topological polar surface area (TPSA) is 80.2 Å². The quantitative estimate of drug-likeness (QED) is 0.582. The molecule has 3 aromatic rings. The van der Waals surface area contributed by atoms with E-state index in [1.807, 2.05) is 18.0 Å². The fourth-order valence-electron chi connectivity index (χ4n) is 5.06. The van der Waals surface area contributed by atoms with Crippen LogP contribution in [0.1, 0.15) is 42.9 Å². The second-order valence-electron chi connectivity index (χ2n) is 8.67. The van der Waals surface area contributed by atoms with Crippen molar-refractivity contribution in [2.24, 2.45) is 5.92 Å². The Labute approximate surface area is 186 Å². The third kappa shape index (κ3) is 3.87. The van der Waals surface area contributed by atoms with Crippen molar-refractivity contribution < 1.29 is 13.2 Å². The number of thiazole rings is 1. The molecule has 6 nitrogen and oxygen atoms in total. The van der Waals surface area contributed by atoms with Crippen LogP contribution >= 0.6 is 11.3 Å². The van der Waals surface area contributed by atoms with Crippen LogP contribution in [0.4, 0.5) is 0 Å². The Bertz CT molecular complexity index is 1220. The first kappa shape index (κ1) is 20.6. The van der Waals surface area contributed by atoms with E-state index in [2.05, 4.69) is 22.1 Å². The molecule has 0 N–H and O–H groups in total. The number of hydrogen-bond acceptors (Lipinski definition) is 6. The zero-order chi connectivity index (χ0) is 21.6. The Morgan fingerprint density at radius 2 is 2.06 bits per heavy atom. The molecule has 8 heteroatoms. The molecule has 3 aliphatic rings. The average Bonchev–Trinajstić information content (AvgIpc) is 3.27. The van der Waals surface area contributed by atoms with Gasteiger partial charge in [-0.1, -0.05) is 12.1 Å². The first-order valence-corrected chi connectivity index (χ1v) is 13.2. The smallest absolute Gasteiger partial charge is 0.223 e. The van der Waals surface area contributed by atoms with Gasteiger partial charge in [0.15, 0.2) is 9.84 Å². The summed E-state index contributed by atoms with van der Waals surface area (Å²) in [5, 5.41) is 0. The van der Waals surface area contributed by atoms with Gasteiger partial charge in [-0.15, -0.1) is 11.3 Å². The molecule has 0 spiro atoms. The van der Waals surface area contributed by atoms with Gasteiger partial charge in [0.2, 0.25) is 5.91 Å². The number of hydrogen-bond donors (Lipinski definition) is 0. The highest BCUT2D eigenvalue weighted by atomic mass is 32.2. The van der Waals surface area contributed by atoms with Gasteiger partial charge in [0.25, 0.3) is 0 Å². The predicted molar refractivity (Wildman–Crippen MR) is 121 cm³/mol. The van der Waals surface area contributed by atoms with Crippen molar-refractivity contribution in [2.45, 2.75) is 49.5 Å². The van der Waals surface area contributed by atoms with Gasteiger partial charge in [0.05, 0.1) is 26.4 Å². The summed E-state index contributed by atoms with van der Waals surface area (Å²) in [6, 6.07) is 9.52. The zero-order valence-corrected chi connectivity index (χ0v) is 19.0. The summed E-state index contributed by atoms with van der Waals surface area (Å²) in [6.07, 6.45) is 4.94. The summed E-state index contributed by atoms with van der Waals surface area (Å²) in [5.41, 5.74) is 4.60. The van der Waals surface area contributed by atoms with Crippen molar-refractivity contribution in [1.29, 1.82) is 0 Å². The number of rotatable bonds is 5. The predicted octanol–water partition coefficient (Wildman–Crippen LogP) is 3.96. The SMILES string of the molecule is Cc1ccc(C2CC3CCC2CN3C(=O)CCS(=O)(=O)c2cccc3ncsc23)nc1. The van der Waals surface area contributed by atoms with Crippen molar-refractivity contribution in [3.05, 3.63) is 53.3 Å². The summed E-state index contributed by atoms with van der Waals surface area (Å²) >= 11 is 1.32. The van der Waals surface area contributed by atoms with Crippen LogP contribution in [0.25, 0.3) is 10.2 Å². The first-order chi connectivity index (χ1) is 14.9. The standard InChI is InChI=1S/C23H25N3O3S2/c1-15-5-8-19(24-12-15)18-11-17-7-6-16(18)13-26(17)22(27)9-10-31(28,29)21-4-2-3-20-23(21)30-14-25-20/h2-5,8,12,14,16-18H,6-7,9-11,13H2,1H3. The summed E-state index contributed by atoms with van der Waals surface area (Å²) in [4.78, 5) is 24.0. The van der Waals surface area contributed by atoms with Crippen molar-refractivity contribution in [2.75, 3.05) is 12.3 Å². The van der Waals surface area contributed by atoms with Gasteiger partial charge in [-0.3, -0.25) is 9.78 Å². The van der Waals surface area contributed by atoms with E-state index in [0.717, 1.165) is 30.5 Å². The molecule has 2 bridgehead atoms. The molecule has 162 valence electrons. The number of piperidine rings is 2. The second kappa shape index (κ2) is 7.98. The number of aryl methyl sites for hydroxylation is 1. The second-order valence-corrected chi connectivity index (χ2v) is 11.6. The van der Waals surface area contributed by atoms with Crippen LogP contribution in [0.2, 0.25) is 0 Å². The molecule has 0 radical (unpaired) electrons. The van der Waals surface area contributed by atoms with E-state index in [9.17, 15) is 13.2 Å². The first-order valence-electron chi connectivity index (χ1n) is 10.7. The van der Waals surface area contributed by atoms with Crippen molar-refractivity contribution in [3.8, 4) is 0 Å². The lowest BCUT2D eigenvalue weighted by atomic mass is 9.70. The van der Waals surface area contributed by atoms with Crippen LogP contribution in [0, 0.1) is 12.8 Å². The van der Waals surface area contributed by atoms with Gasteiger partial charge in [-0.2, -0.15) is 0 Å². The molecule has 3 unspecified atom stereocenters. The fraction of sp³-hybridized carbons (Fsp3) is 0.435. The maximum absolute atomic E-state index is 13.0.